The summed E-state index contributed by atoms with van der Waals surface area (Å²) in [4.78, 5) is 23.9. The number of amides is 2. The second kappa shape index (κ2) is 7.42. The molecule has 0 heterocycles. The number of aryl methyl sites for hydroxylation is 3. The molecule has 0 aromatic heterocycles. The monoisotopic (exact) mass is 374 g/mol. The number of hydrogen-bond acceptors (Lipinski definition) is 2. The third kappa shape index (κ3) is 4.93. The second-order valence-corrected chi connectivity index (χ2v) is 6.39. The Labute approximate surface area is 144 Å². The van der Waals surface area contributed by atoms with Gasteiger partial charge in [0.25, 0.3) is 0 Å². The number of carbonyl (C=O) groups is 2. The van der Waals surface area contributed by atoms with Gasteiger partial charge in [-0.2, -0.15) is 0 Å². The Kier molecular flexibility index (Phi) is 5.55. The Bertz CT molecular complexity index is 693. The summed E-state index contributed by atoms with van der Waals surface area (Å²) in [6, 6.07) is 11.2. The Hall–Kier alpha value is -2.14. The molecule has 2 aromatic carbocycles. The van der Waals surface area contributed by atoms with Crippen LogP contribution in [0.3, 0.4) is 0 Å². The van der Waals surface area contributed by atoms with Crippen molar-refractivity contribution in [2.24, 2.45) is 0 Å². The summed E-state index contributed by atoms with van der Waals surface area (Å²) in [5, 5.41) is 5.46. The summed E-state index contributed by atoms with van der Waals surface area (Å²) < 4.78 is 0.912. The first kappa shape index (κ1) is 17.2. The van der Waals surface area contributed by atoms with Crippen molar-refractivity contribution in [3.05, 3.63) is 57.6 Å². The molecule has 0 fully saturated rings. The standard InChI is InChI=1S/C18H19BrN2O2/c1-11-4-6-14(8-13(11)3)20-17(22)10-18(23)21-15-7-5-12(2)16(19)9-15/h4-9H,10H2,1-3H3,(H,20,22)(H,21,23). The Morgan fingerprint density at radius 1 is 0.826 bits per heavy atom. The Morgan fingerprint density at radius 2 is 1.35 bits per heavy atom. The lowest BCUT2D eigenvalue weighted by Crippen LogP contribution is -2.21. The van der Waals surface area contributed by atoms with Crippen molar-refractivity contribution in [3.8, 4) is 0 Å². The van der Waals surface area contributed by atoms with Gasteiger partial charge >= 0.3 is 0 Å². The van der Waals surface area contributed by atoms with E-state index in [2.05, 4.69) is 26.6 Å². The predicted molar refractivity (Wildman–Crippen MR) is 96.7 cm³/mol. The van der Waals surface area contributed by atoms with Gasteiger partial charge in [-0.05, 0) is 61.7 Å². The molecular weight excluding hydrogens is 356 g/mol. The first-order chi connectivity index (χ1) is 10.8. The normalized spacial score (nSPS) is 10.3. The minimum absolute atomic E-state index is 0.224. The molecule has 0 atom stereocenters. The highest BCUT2D eigenvalue weighted by Gasteiger charge is 2.11. The summed E-state index contributed by atoms with van der Waals surface area (Å²) in [5.74, 6) is -0.681. The fraction of sp³-hybridized carbons (Fsp3) is 0.222. The van der Waals surface area contributed by atoms with Gasteiger partial charge in [0.05, 0.1) is 0 Å². The molecule has 0 spiro atoms. The van der Waals surface area contributed by atoms with E-state index in [-0.39, 0.29) is 18.2 Å². The highest BCUT2D eigenvalue weighted by atomic mass is 79.9. The van der Waals surface area contributed by atoms with Gasteiger partial charge in [-0.3, -0.25) is 9.59 Å². The summed E-state index contributed by atoms with van der Waals surface area (Å²) >= 11 is 3.41. The molecule has 0 radical (unpaired) electrons. The first-order valence-corrected chi connectivity index (χ1v) is 8.07. The summed E-state index contributed by atoms with van der Waals surface area (Å²) in [5.41, 5.74) is 4.69. The average Bonchev–Trinajstić information content (AvgIpc) is 2.46. The summed E-state index contributed by atoms with van der Waals surface area (Å²) in [7, 11) is 0. The third-order valence-corrected chi connectivity index (χ3v) is 4.42. The first-order valence-electron chi connectivity index (χ1n) is 7.28. The lowest BCUT2D eigenvalue weighted by Gasteiger charge is -2.09. The zero-order chi connectivity index (χ0) is 17.0. The number of nitrogens with one attached hydrogen (secondary N) is 2. The number of benzene rings is 2. The maximum atomic E-state index is 11.9. The number of carbonyl (C=O) groups excluding carboxylic acids is 2. The van der Waals surface area contributed by atoms with Gasteiger partial charge in [0.15, 0.2) is 0 Å². The van der Waals surface area contributed by atoms with E-state index in [9.17, 15) is 9.59 Å². The van der Waals surface area contributed by atoms with E-state index in [0.29, 0.717) is 11.4 Å². The number of rotatable bonds is 4. The highest BCUT2D eigenvalue weighted by Crippen LogP contribution is 2.20. The molecule has 0 aliphatic rings. The minimum Gasteiger partial charge on any atom is -0.326 e. The van der Waals surface area contributed by atoms with Crippen LogP contribution in [0.2, 0.25) is 0 Å². The van der Waals surface area contributed by atoms with E-state index in [4.69, 9.17) is 0 Å². The molecule has 2 aromatic rings. The van der Waals surface area contributed by atoms with Gasteiger partial charge in [0, 0.05) is 15.8 Å². The molecule has 0 aliphatic carbocycles. The van der Waals surface area contributed by atoms with Crippen LogP contribution in [0.15, 0.2) is 40.9 Å². The maximum absolute atomic E-state index is 11.9. The molecule has 120 valence electrons. The molecule has 0 saturated carbocycles. The van der Waals surface area contributed by atoms with Gasteiger partial charge in [-0.25, -0.2) is 0 Å². The fourth-order valence-electron chi connectivity index (χ4n) is 2.05. The van der Waals surface area contributed by atoms with Crippen LogP contribution < -0.4 is 10.6 Å². The summed E-state index contributed by atoms with van der Waals surface area (Å²) in [6.45, 7) is 5.95. The predicted octanol–water partition coefficient (Wildman–Crippen LogP) is 4.34. The number of hydrogen-bond donors (Lipinski definition) is 2. The fourth-order valence-corrected chi connectivity index (χ4v) is 2.42. The SMILES string of the molecule is Cc1ccc(NC(=O)CC(=O)Nc2ccc(C)c(Br)c2)cc1C. The van der Waals surface area contributed by atoms with Gasteiger partial charge in [-0.1, -0.05) is 28.1 Å². The van der Waals surface area contributed by atoms with Crippen molar-refractivity contribution < 1.29 is 9.59 Å². The smallest absolute Gasteiger partial charge is 0.233 e. The minimum atomic E-state index is -0.345. The van der Waals surface area contributed by atoms with E-state index < -0.39 is 0 Å². The van der Waals surface area contributed by atoms with Crippen molar-refractivity contribution in [2.75, 3.05) is 10.6 Å². The highest BCUT2D eigenvalue weighted by molar-refractivity contribution is 9.10. The average molecular weight is 375 g/mol. The van der Waals surface area contributed by atoms with E-state index in [1.807, 2.05) is 51.1 Å². The maximum Gasteiger partial charge on any atom is 0.233 e. The lowest BCUT2D eigenvalue weighted by atomic mass is 10.1. The molecule has 2 amide bonds. The van der Waals surface area contributed by atoms with Gasteiger partial charge in [-0.15, -0.1) is 0 Å². The van der Waals surface area contributed by atoms with E-state index in [1.54, 1.807) is 6.07 Å². The Balaban J connectivity index is 1.92. The zero-order valence-corrected chi connectivity index (χ0v) is 15.0. The number of halogens is 1. The summed E-state index contributed by atoms with van der Waals surface area (Å²) in [6.07, 6.45) is -0.224. The second-order valence-electron chi connectivity index (χ2n) is 5.54. The molecule has 0 saturated heterocycles. The van der Waals surface area contributed by atoms with Crippen molar-refractivity contribution in [3.63, 3.8) is 0 Å². The van der Waals surface area contributed by atoms with Gasteiger partial charge in [0.2, 0.25) is 11.8 Å². The van der Waals surface area contributed by atoms with Crippen LogP contribution in [0.1, 0.15) is 23.1 Å². The lowest BCUT2D eigenvalue weighted by molar-refractivity contribution is -0.123. The van der Waals surface area contributed by atoms with Crippen molar-refractivity contribution in [2.45, 2.75) is 27.2 Å². The van der Waals surface area contributed by atoms with Gasteiger partial charge in [0.1, 0.15) is 6.42 Å². The molecule has 2 N–H and O–H groups in total. The molecule has 0 unspecified atom stereocenters. The molecule has 0 bridgehead atoms. The van der Waals surface area contributed by atoms with E-state index in [1.165, 1.54) is 0 Å². The Morgan fingerprint density at radius 3 is 1.87 bits per heavy atom. The van der Waals surface area contributed by atoms with Crippen LogP contribution in [0.4, 0.5) is 11.4 Å². The number of anilines is 2. The topological polar surface area (TPSA) is 58.2 Å². The molecule has 23 heavy (non-hydrogen) atoms. The van der Waals surface area contributed by atoms with Crippen LogP contribution in [-0.2, 0) is 9.59 Å². The van der Waals surface area contributed by atoms with E-state index >= 15 is 0 Å². The van der Waals surface area contributed by atoms with Crippen LogP contribution in [0.5, 0.6) is 0 Å². The van der Waals surface area contributed by atoms with Crippen molar-refractivity contribution in [1.82, 2.24) is 0 Å². The largest absolute Gasteiger partial charge is 0.326 e. The molecule has 0 aliphatic heterocycles. The molecular formula is C18H19BrN2O2. The van der Waals surface area contributed by atoms with Crippen LogP contribution >= 0.6 is 15.9 Å². The van der Waals surface area contributed by atoms with Crippen LogP contribution in [0, 0.1) is 20.8 Å². The third-order valence-electron chi connectivity index (χ3n) is 3.57. The van der Waals surface area contributed by atoms with Crippen LogP contribution in [-0.4, -0.2) is 11.8 Å². The van der Waals surface area contributed by atoms with Crippen molar-refractivity contribution in [1.29, 1.82) is 0 Å². The van der Waals surface area contributed by atoms with E-state index in [0.717, 1.165) is 21.2 Å². The van der Waals surface area contributed by atoms with Crippen molar-refractivity contribution >= 4 is 39.1 Å². The molecule has 5 heteroatoms. The molecule has 4 nitrogen and oxygen atoms in total. The molecule has 2 rings (SSSR count). The van der Waals surface area contributed by atoms with Gasteiger partial charge < -0.3 is 10.6 Å². The zero-order valence-electron chi connectivity index (χ0n) is 13.4. The quantitative estimate of drug-likeness (QED) is 0.781. The van der Waals surface area contributed by atoms with Crippen LogP contribution in [0.25, 0.3) is 0 Å².